The summed E-state index contributed by atoms with van der Waals surface area (Å²) in [5.74, 6) is 0.142. The highest BCUT2D eigenvalue weighted by Gasteiger charge is 2.11. The van der Waals surface area contributed by atoms with Gasteiger partial charge in [-0.05, 0) is 18.1 Å². The van der Waals surface area contributed by atoms with Gasteiger partial charge in [0.15, 0.2) is 5.78 Å². The Kier molecular flexibility index (Phi) is 3.41. The lowest BCUT2D eigenvalue weighted by atomic mass is 10.0. The number of aromatic nitrogens is 2. The van der Waals surface area contributed by atoms with Crippen LogP contribution in [0, 0.1) is 0 Å². The molecule has 82 valence electrons. The van der Waals surface area contributed by atoms with Gasteiger partial charge in [-0.3, -0.25) is 14.8 Å². The van der Waals surface area contributed by atoms with Crippen molar-refractivity contribution < 1.29 is 4.79 Å². The zero-order valence-corrected chi connectivity index (χ0v) is 9.83. The first-order valence-electron chi connectivity index (χ1n) is 5.14. The van der Waals surface area contributed by atoms with Gasteiger partial charge in [0, 0.05) is 35.5 Å². The molecule has 2 aromatic rings. The van der Waals surface area contributed by atoms with Crippen LogP contribution in [0.2, 0.25) is 0 Å². The van der Waals surface area contributed by atoms with E-state index in [1.165, 1.54) is 11.3 Å². The largest absolute Gasteiger partial charge is 0.294 e. The molecule has 0 aromatic carbocycles. The van der Waals surface area contributed by atoms with Crippen LogP contribution < -0.4 is 0 Å². The first kappa shape index (κ1) is 11.0. The van der Waals surface area contributed by atoms with Crippen LogP contribution in [-0.2, 0) is 12.8 Å². The highest BCUT2D eigenvalue weighted by Crippen LogP contribution is 2.14. The van der Waals surface area contributed by atoms with E-state index in [0.29, 0.717) is 6.42 Å². The van der Waals surface area contributed by atoms with E-state index in [2.05, 4.69) is 9.97 Å². The van der Waals surface area contributed by atoms with Gasteiger partial charge >= 0.3 is 0 Å². The van der Waals surface area contributed by atoms with Crippen molar-refractivity contribution in [3.8, 4) is 0 Å². The zero-order valence-electron chi connectivity index (χ0n) is 9.01. The van der Waals surface area contributed by atoms with E-state index in [9.17, 15) is 4.79 Å². The lowest BCUT2D eigenvalue weighted by Crippen LogP contribution is -2.06. The van der Waals surface area contributed by atoms with E-state index in [1.807, 2.05) is 6.92 Å². The van der Waals surface area contributed by atoms with Crippen LogP contribution >= 0.6 is 11.3 Å². The van der Waals surface area contributed by atoms with Crippen LogP contribution in [0.15, 0.2) is 30.2 Å². The molecule has 0 aliphatic carbocycles. The maximum absolute atomic E-state index is 12.0. The van der Waals surface area contributed by atoms with Gasteiger partial charge in [0.25, 0.3) is 0 Å². The molecule has 0 amide bonds. The van der Waals surface area contributed by atoms with Gasteiger partial charge in [0.1, 0.15) is 0 Å². The number of carbonyl (C=O) groups is 1. The highest BCUT2D eigenvalue weighted by atomic mass is 32.1. The molecular weight excluding hydrogens is 220 g/mol. The Morgan fingerprint density at radius 3 is 2.94 bits per heavy atom. The summed E-state index contributed by atoms with van der Waals surface area (Å²) in [6, 6.07) is 1.79. The summed E-state index contributed by atoms with van der Waals surface area (Å²) >= 11 is 1.51. The second kappa shape index (κ2) is 4.99. The molecule has 2 heterocycles. The number of pyridine rings is 1. The third kappa shape index (κ3) is 2.33. The molecule has 0 radical (unpaired) electrons. The molecule has 16 heavy (non-hydrogen) atoms. The highest BCUT2D eigenvalue weighted by molar-refractivity contribution is 7.09. The number of hydrogen-bond acceptors (Lipinski definition) is 4. The predicted octanol–water partition coefficient (Wildman–Crippen LogP) is 2.53. The molecule has 0 N–H and O–H groups in total. The molecule has 0 fully saturated rings. The minimum Gasteiger partial charge on any atom is -0.294 e. The molecular formula is C12H12N2OS. The van der Waals surface area contributed by atoms with Crippen LogP contribution in [0.25, 0.3) is 0 Å². The Bertz CT molecular complexity index is 480. The Hall–Kier alpha value is -1.55. The van der Waals surface area contributed by atoms with Crippen molar-refractivity contribution in [1.82, 2.24) is 9.97 Å². The van der Waals surface area contributed by atoms with E-state index >= 15 is 0 Å². The number of nitrogens with zero attached hydrogens (tertiary/aromatic N) is 2. The third-order valence-corrected chi connectivity index (χ3v) is 3.18. The first-order chi connectivity index (χ1) is 7.81. The van der Waals surface area contributed by atoms with Gasteiger partial charge < -0.3 is 0 Å². The fourth-order valence-electron chi connectivity index (χ4n) is 1.56. The van der Waals surface area contributed by atoms with Gasteiger partial charge in [0.05, 0.1) is 5.51 Å². The Labute approximate surface area is 98.2 Å². The van der Waals surface area contributed by atoms with Crippen LogP contribution in [0.5, 0.6) is 0 Å². The summed E-state index contributed by atoms with van der Waals surface area (Å²) in [5, 5.41) is 0. The normalized spacial score (nSPS) is 10.3. The molecule has 4 heteroatoms. The van der Waals surface area contributed by atoms with Gasteiger partial charge in [-0.1, -0.05) is 6.92 Å². The summed E-state index contributed by atoms with van der Waals surface area (Å²) in [5.41, 5.74) is 3.54. The molecule has 2 aromatic heterocycles. The molecule has 0 atom stereocenters. The molecule has 0 spiro atoms. The van der Waals surface area contributed by atoms with Crippen LogP contribution in [0.1, 0.15) is 27.7 Å². The van der Waals surface area contributed by atoms with Crippen molar-refractivity contribution in [1.29, 1.82) is 0 Å². The number of hydrogen-bond donors (Lipinski definition) is 0. The standard InChI is InChI=1S/C12H12N2OS/c1-2-9-6-13-4-3-11(9)12(15)5-10-7-14-8-16-10/h3-4,6-8H,2,5H2,1H3. The van der Waals surface area contributed by atoms with E-state index in [0.717, 1.165) is 22.4 Å². The number of ketones is 1. The number of carbonyl (C=O) groups excluding carboxylic acids is 1. The summed E-state index contributed by atoms with van der Waals surface area (Å²) in [4.78, 5) is 21.0. The number of rotatable bonds is 4. The monoisotopic (exact) mass is 232 g/mol. The van der Waals surface area contributed by atoms with Crippen molar-refractivity contribution in [2.75, 3.05) is 0 Å². The summed E-state index contributed by atoms with van der Waals surface area (Å²) in [6.45, 7) is 2.03. The smallest absolute Gasteiger partial charge is 0.168 e. The van der Waals surface area contributed by atoms with E-state index < -0.39 is 0 Å². The maximum Gasteiger partial charge on any atom is 0.168 e. The SMILES string of the molecule is CCc1cnccc1C(=O)Cc1cncs1. The molecule has 2 rings (SSSR count). The third-order valence-electron chi connectivity index (χ3n) is 2.40. The van der Waals surface area contributed by atoms with Gasteiger partial charge in [0.2, 0.25) is 0 Å². The van der Waals surface area contributed by atoms with E-state index in [-0.39, 0.29) is 5.78 Å². The molecule has 0 saturated carbocycles. The summed E-state index contributed by atoms with van der Waals surface area (Å²) in [7, 11) is 0. The Morgan fingerprint density at radius 2 is 2.25 bits per heavy atom. The maximum atomic E-state index is 12.0. The first-order valence-corrected chi connectivity index (χ1v) is 6.02. The van der Waals surface area contributed by atoms with Crippen LogP contribution in [0.3, 0.4) is 0 Å². The summed E-state index contributed by atoms with van der Waals surface area (Å²) < 4.78 is 0. The van der Waals surface area contributed by atoms with Gasteiger partial charge in [-0.25, -0.2) is 0 Å². The van der Waals surface area contributed by atoms with Crippen molar-refractivity contribution in [3.63, 3.8) is 0 Å². The number of Topliss-reactive ketones (excluding diaryl/α,β-unsaturated/α-hetero) is 1. The fraction of sp³-hybridized carbons (Fsp3) is 0.250. The van der Waals surface area contributed by atoms with Crippen LogP contribution in [-0.4, -0.2) is 15.8 Å². The lowest BCUT2D eigenvalue weighted by Gasteiger charge is -2.04. The average molecular weight is 232 g/mol. The fourth-order valence-corrected chi connectivity index (χ4v) is 2.16. The van der Waals surface area contributed by atoms with Crippen molar-refractivity contribution in [2.45, 2.75) is 19.8 Å². The topological polar surface area (TPSA) is 42.9 Å². The molecule has 0 bridgehead atoms. The second-order valence-electron chi connectivity index (χ2n) is 3.45. The van der Waals surface area contributed by atoms with Crippen molar-refractivity contribution in [3.05, 3.63) is 46.2 Å². The van der Waals surface area contributed by atoms with Crippen molar-refractivity contribution >= 4 is 17.1 Å². The zero-order chi connectivity index (χ0) is 11.4. The van der Waals surface area contributed by atoms with Crippen molar-refractivity contribution in [2.24, 2.45) is 0 Å². The Balaban J connectivity index is 2.21. The average Bonchev–Trinajstić information content (AvgIpc) is 2.81. The predicted molar refractivity (Wildman–Crippen MR) is 63.8 cm³/mol. The molecule has 0 aliphatic heterocycles. The lowest BCUT2D eigenvalue weighted by molar-refractivity contribution is 0.0993. The van der Waals surface area contributed by atoms with E-state index in [1.54, 1.807) is 30.2 Å². The molecule has 0 unspecified atom stereocenters. The second-order valence-corrected chi connectivity index (χ2v) is 4.42. The van der Waals surface area contributed by atoms with Gasteiger partial charge in [-0.15, -0.1) is 11.3 Å². The van der Waals surface area contributed by atoms with Gasteiger partial charge in [-0.2, -0.15) is 0 Å². The molecule has 3 nitrogen and oxygen atoms in total. The quantitative estimate of drug-likeness (QED) is 0.761. The Morgan fingerprint density at radius 1 is 1.38 bits per heavy atom. The minimum atomic E-state index is 0.142. The minimum absolute atomic E-state index is 0.142. The molecule has 0 aliphatic rings. The van der Waals surface area contributed by atoms with E-state index in [4.69, 9.17) is 0 Å². The van der Waals surface area contributed by atoms with Crippen LogP contribution in [0.4, 0.5) is 0 Å². The molecule has 0 saturated heterocycles. The number of thiazole rings is 1. The summed E-state index contributed by atoms with van der Waals surface area (Å²) in [6.07, 6.45) is 6.44. The number of aryl methyl sites for hydroxylation is 1.